The summed E-state index contributed by atoms with van der Waals surface area (Å²) in [6, 6.07) is 5.52. The summed E-state index contributed by atoms with van der Waals surface area (Å²) in [5.41, 5.74) is 1.41. The van der Waals surface area contributed by atoms with Crippen molar-refractivity contribution in [2.75, 3.05) is 37.5 Å². The van der Waals surface area contributed by atoms with Gasteiger partial charge in [0.25, 0.3) is 10.0 Å². The number of pyridine rings is 1. The van der Waals surface area contributed by atoms with Gasteiger partial charge in [-0.3, -0.25) is 4.98 Å². The minimum atomic E-state index is -3.43. The van der Waals surface area contributed by atoms with Crippen LogP contribution in [0.25, 0.3) is 11.3 Å². The maximum Gasteiger partial charge on any atom is 0.250 e. The Bertz CT molecular complexity index is 721. The molecule has 0 radical (unpaired) electrons. The van der Waals surface area contributed by atoms with Gasteiger partial charge in [0.1, 0.15) is 0 Å². The van der Waals surface area contributed by atoms with Crippen LogP contribution in [0.2, 0.25) is 0 Å². The Kier molecular flexibility index (Phi) is 3.64. The van der Waals surface area contributed by atoms with Crippen molar-refractivity contribution in [1.82, 2.24) is 14.2 Å². The Morgan fingerprint density at radius 1 is 1.24 bits per heavy atom. The van der Waals surface area contributed by atoms with Crippen LogP contribution in [0.5, 0.6) is 0 Å². The third-order valence-corrected chi connectivity index (χ3v) is 4.13. The normalized spacial score (nSPS) is 16.1. The number of nitrogens with zero attached hydrogens (tertiary/aromatic N) is 4. The molecule has 0 unspecified atom stereocenters. The fraction of sp³-hybridized carbons (Fsp3) is 0.385. The Morgan fingerprint density at radius 2 is 2.00 bits per heavy atom. The molecule has 3 heterocycles. The van der Waals surface area contributed by atoms with E-state index in [0.717, 1.165) is 10.3 Å². The SMILES string of the molecule is CS(=O)(=O)n1cc(-c2ccccn2)c(N2CCOCC2)n1. The van der Waals surface area contributed by atoms with Gasteiger partial charge in [0.2, 0.25) is 0 Å². The van der Waals surface area contributed by atoms with Gasteiger partial charge < -0.3 is 9.64 Å². The number of rotatable bonds is 3. The second-order valence-electron chi connectivity index (χ2n) is 4.82. The van der Waals surface area contributed by atoms with Crippen molar-refractivity contribution in [3.05, 3.63) is 30.6 Å². The molecular formula is C13H16N4O3S. The quantitative estimate of drug-likeness (QED) is 0.826. The molecule has 0 spiro atoms. The van der Waals surface area contributed by atoms with Crippen LogP contribution in [0.15, 0.2) is 30.6 Å². The first-order valence-electron chi connectivity index (χ1n) is 6.60. The van der Waals surface area contributed by atoms with E-state index < -0.39 is 10.0 Å². The number of morpholine rings is 1. The lowest BCUT2D eigenvalue weighted by atomic mass is 10.2. The van der Waals surface area contributed by atoms with Gasteiger partial charge in [-0.15, -0.1) is 5.10 Å². The largest absolute Gasteiger partial charge is 0.378 e. The molecule has 0 atom stereocenters. The van der Waals surface area contributed by atoms with Crippen molar-refractivity contribution in [3.63, 3.8) is 0 Å². The van der Waals surface area contributed by atoms with E-state index in [4.69, 9.17) is 4.74 Å². The van der Waals surface area contributed by atoms with E-state index in [9.17, 15) is 8.42 Å². The van der Waals surface area contributed by atoms with Crippen molar-refractivity contribution < 1.29 is 13.2 Å². The van der Waals surface area contributed by atoms with E-state index in [-0.39, 0.29) is 0 Å². The molecule has 1 aliphatic heterocycles. The molecule has 21 heavy (non-hydrogen) atoms. The summed E-state index contributed by atoms with van der Waals surface area (Å²) >= 11 is 0. The maximum atomic E-state index is 11.7. The summed E-state index contributed by atoms with van der Waals surface area (Å²) in [7, 11) is -3.43. The molecule has 7 nitrogen and oxygen atoms in total. The van der Waals surface area contributed by atoms with E-state index in [0.29, 0.717) is 43.4 Å². The minimum absolute atomic E-state index is 0.605. The van der Waals surface area contributed by atoms with Gasteiger partial charge >= 0.3 is 0 Å². The molecule has 3 rings (SSSR count). The first-order chi connectivity index (χ1) is 10.1. The second kappa shape index (κ2) is 5.45. The van der Waals surface area contributed by atoms with Crippen LogP contribution in [-0.2, 0) is 14.8 Å². The van der Waals surface area contributed by atoms with Crippen LogP contribution in [0.3, 0.4) is 0 Å². The molecule has 0 N–H and O–H groups in total. The molecule has 1 aliphatic rings. The Morgan fingerprint density at radius 3 is 2.62 bits per heavy atom. The zero-order valence-electron chi connectivity index (χ0n) is 11.6. The summed E-state index contributed by atoms with van der Waals surface area (Å²) in [6.45, 7) is 2.57. The molecule has 0 saturated carbocycles. The van der Waals surface area contributed by atoms with Crippen LogP contribution in [0.1, 0.15) is 0 Å². The smallest absolute Gasteiger partial charge is 0.250 e. The van der Waals surface area contributed by atoms with Gasteiger partial charge in [0, 0.05) is 19.3 Å². The van der Waals surface area contributed by atoms with Crippen LogP contribution in [0, 0.1) is 0 Å². The van der Waals surface area contributed by atoms with Crippen molar-refractivity contribution in [1.29, 1.82) is 0 Å². The fourth-order valence-corrected chi connectivity index (χ4v) is 2.75. The number of anilines is 1. The molecule has 2 aromatic heterocycles. The highest BCUT2D eigenvalue weighted by Gasteiger charge is 2.22. The lowest BCUT2D eigenvalue weighted by Gasteiger charge is -2.27. The van der Waals surface area contributed by atoms with Crippen molar-refractivity contribution in [3.8, 4) is 11.3 Å². The zero-order chi connectivity index (χ0) is 14.9. The summed E-state index contributed by atoms with van der Waals surface area (Å²) in [5.74, 6) is 0.627. The zero-order valence-corrected chi connectivity index (χ0v) is 12.5. The minimum Gasteiger partial charge on any atom is -0.378 e. The Labute approximate surface area is 123 Å². The average Bonchev–Trinajstić information content (AvgIpc) is 2.94. The van der Waals surface area contributed by atoms with Crippen molar-refractivity contribution >= 4 is 15.8 Å². The van der Waals surface area contributed by atoms with Gasteiger partial charge in [0.05, 0.1) is 36.9 Å². The summed E-state index contributed by atoms with van der Waals surface area (Å²) in [6.07, 6.45) is 4.32. The average molecular weight is 308 g/mol. The molecule has 8 heteroatoms. The highest BCUT2D eigenvalue weighted by molar-refractivity contribution is 7.89. The lowest BCUT2D eigenvalue weighted by Crippen LogP contribution is -2.37. The van der Waals surface area contributed by atoms with Crippen molar-refractivity contribution in [2.24, 2.45) is 0 Å². The Balaban J connectivity index is 2.10. The Hall–Kier alpha value is -1.93. The van der Waals surface area contributed by atoms with E-state index >= 15 is 0 Å². The highest BCUT2D eigenvalue weighted by atomic mass is 32.2. The van der Waals surface area contributed by atoms with Crippen LogP contribution in [-0.4, -0.2) is 55.1 Å². The summed E-state index contributed by atoms with van der Waals surface area (Å²) in [5, 5.41) is 4.24. The standard InChI is InChI=1S/C13H16N4O3S/c1-21(18,19)17-10-11(12-4-2-3-5-14-12)13(15-17)16-6-8-20-9-7-16/h2-5,10H,6-9H2,1H3. The molecule has 0 aromatic carbocycles. The van der Waals surface area contributed by atoms with Gasteiger partial charge in [-0.2, -0.15) is 4.09 Å². The molecule has 1 saturated heterocycles. The van der Waals surface area contributed by atoms with E-state index in [2.05, 4.69) is 10.1 Å². The van der Waals surface area contributed by atoms with Gasteiger partial charge in [-0.25, -0.2) is 8.42 Å². The topological polar surface area (TPSA) is 77.3 Å². The molecular weight excluding hydrogens is 292 g/mol. The number of ether oxygens (including phenoxy) is 1. The van der Waals surface area contributed by atoms with Crippen LogP contribution < -0.4 is 4.90 Å². The van der Waals surface area contributed by atoms with E-state index in [1.165, 1.54) is 6.20 Å². The number of aromatic nitrogens is 3. The lowest BCUT2D eigenvalue weighted by molar-refractivity contribution is 0.122. The van der Waals surface area contributed by atoms with Gasteiger partial charge in [-0.1, -0.05) is 6.07 Å². The molecule has 1 fully saturated rings. The van der Waals surface area contributed by atoms with Crippen molar-refractivity contribution in [2.45, 2.75) is 0 Å². The molecule has 0 bridgehead atoms. The summed E-state index contributed by atoms with van der Waals surface area (Å²) < 4.78 is 29.8. The first kappa shape index (κ1) is 14.0. The first-order valence-corrected chi connectivity index (χ1v) is 8.45. The monoisotopic (exact) mass is 308 g/mol. The predicted octanol–water partition coefficient (Wildman–Crippen LogP) is 0.589. The van der Waals surface area contributed by atoms with Gasteiger partial charge in [0.15, 0.2) is 5.82 Å². The van der Waals surface area contributed by atoms with E-state index in [1.54, 1.807) is 6.20 Å². The second-order valence-corrected chi connectivity index (χ2v) is 6.66. The molecule has 0 aliphatic carbocycles. The molecule has 112 valence electrons. The molecule has 2 aromatic rings. The van der Waals surface area contributed by atoms with Crippen LogP contribution in [0.4, 0.5) is 5.82 Å². The predicted molar refractivity (Wildman–Crippen MR) is 78.7 cm³/mol. The van der Waals surface area contributed by atoms with E-state index in [1.807, 2.05) is 23.1 Å². The number of hydrogen-bond donors (Lipinski definition) is 0. The fourth-order valence-electron chi connectivity index (χ4n) is 2.23. The summed E-state index contributed by atoms with van der Waals surface area (Å²) in [4.78, 5) is 6.32. The third-order valence-electron chi connectivity index (χ3n) is 3.26. The molecule has 0 amide bonds. The highest BCUT2D eigenvalue weighted by Crippen LogP contribution is 2.29. The van der Waals surface area contributed by atoms with Gasteiger partial charge in [-0.05, 0) is 12.1 Å². The maximum absolute atomic E-state index is 11.7. The number of hydrogen-bond acceptors (Lipinski definition) is 6. The third kappa shape index (κ3) is 2.91. The van der Waals surface area contributed by atoms with Crippen LogP contribution >= 0.6 is 0 Å².